The summed E-state index contributed by atoms with van der Waals surface area (Å²) >= 11 is 0. The molecule has 4 heteroatoms. The number of para-hydroxylation sites is 3. The molecule has 190 valence electrons. The summed E-state index contributed by atoms with van der Waals surface area (Å²) < 4.78 is 4.80. The van der Waals surface area contributed by atoms with Gasteiger partial charge in [-0.2, -0.15) is 0 Å². The molecule has 0 radical (unpaired) electrons. The molecular formula is C36H26N4. The van der Waals surface area contributed by atoms with Gasteiger partial charge in [0.25, 0.3) is 0 Å². The van der Waals surface area contributed by atoms with Crippen molar-refractivity contribution in [2.45, 2.75) is 13.8 Å². The lowest BCUT2D eigenvalue weighted by Gasteiger charge is -2.16. The quantitative estimate of drug-likeness (QED) is 0.236. The van der Waals surface area contributed by atoms with Crippen LogP contribution in [0.2, 0.25) is 0 Å². The van der Waals surface area contributed by atoms with Gasteiger partial charge in [-0.25, -0.2) is 0 Å². The van der Waals surface area contributed by atoms with Gasteiger partial charge in [-0.3, -0.25) is 9.97 Å². The fraction of sp³-hybridized carbons (Fsp3) is 0.0556. The van der Waals surface area contributed by atoms with Crippen LogP contribution in [0.15, 0.2) is 122 Å². The van der Waals surface area contributed by atoms with Gasteiger partial charge in [0, 0.05) is 50.9 Å². The van der Waals surface area contributed by atoms with Crippen molar-refractivity contribution < 1.29 is 0 Å². The second-order valence-electron chi connectivity index (χ2n) is 10.4. The van der Waals surface area contributed by atoms with Gasteiger partial charge in [-0.05, 0) is 67.4 Å². The maximum atomic E-state index is 4.55. The smallest absolute Gasteiger partial charge is 0.0887 e. The molecule has 8 aromatic rings. The van der Waals surface area contributed by atoms with Crippen molar-refractivity contribution in [2.24, 2.45) is 0 Å². The fourth-order valence-corrected chi connectivity index (χ4v) is 6.32. The van der Waals surface area contributed by atoms with Crippen LogP contribution in [0.5, 0.6) is 0 Å². The zero-order valence-electron chi connectivity index (χ0n) is 22.3. The summed E-state index contributed by atoms with van der Waals surface area (Å²) in [6, 6.07) is 37.4. The van der Waals surface area contributed by atoms with Gasteiger partial charge in [0.05, 0.1) is 34.0 Å². The summed E-state index contributed by atoms with van der Waals surface area (Å²) in [6.07, 6.45) is 5.30. The molecule has 0 spiro atoms. The monoisotopic (exact) mass is 514 g/mol. The molecule has 0 N–H and O–H groups in total. The second kappa shape index (κ2) is 8.65. The van der Waals surface area contributed by atoms with E-state index < -0.39 is 0 Å². The number of rotatable bonds is 3. The van der Waals surface area contributed by atoms with Crippen molar-refractivity contribution in [1.82, 2.24) is 19.1 Å². The molecule has 0 aliphatic rings. The highest BCUT2D eigenvalue weighted by Gasteiger charge is 2.18. The van der Waals surface area contributed by atoms with Crippen LogP contribution in [0.3, 0.4) is 0 Å². The number of nitrogens with zero attached hydrogens (tertiary/aromatic N) is 4. The van der Waals surface area contributed by atoms with E-state index in [9.17, 15) is 0 Å². The first-order chi connectivity index (χ1) is 19.7. The van der Waals surface area contributed by atoms with Gasteiger partial charge >= 0.3 is 0 Å². The first-order valence-corrected chi connectivity index (χ1v) is 13.6. The van der Waals surface area contributed by atoms with E-state index in [-0.39, 0.29) is 0 Å². The lowest BCUT2D eigenvalue weighted by Crippen LogP contribution is -2.01. The zero-order valence-corrected chi connectivity index (χ0v) is 22.3. The van der Waals surface area contributed by atoms with E-state index in [0.717, 1.165) is 11.3 Å². The van der Waals surface area contributed by atoms with E-state index in [1.165, 1.54) is 66.1 Å². The van der Waals surface area contributed by atoms with Gasteiger partial charge in [0.2, 0.25) is 0 Å². The predicted molar refractivity (Wildman–Crippen MR) is 166 cm³/mol. The standard InChI is InChI=1S/C36H26N4/c1-23-24(2)32(18-16-26(23)31-22-37-19-20-38-31)40-35-14-8-5-11-29(35)30-21-25(15-17-36(30)40)39-33-12-6-3-9-27(33)28-10-4-7-13-34(28)39/h3-22H,1-2H3. The Labute approximate surface area is 231 Å². The Morgan fingerprint density at radius 2 is 1.12 bits per heavy atom. The Balaban J connectivity index is 1.39. The van der Waals surface area contributed by atoms with Crippen molar-refractivity contribution in [2.75, 3.05) is 0 Å². The third-order valence-corrected chi connectivity index (χ3v) is 8.33. The van der Waals surface area contributed by atoms with Crippen LogP contribution in [0.25, 0.3) is 66.2 Å². The number of benzene rings is 5. The highest BCUT2D eigenvalue weighted by Crippen LogP contribution is 2.38. The number of aromatic nitrogens is 4. The van der Waals surface area contributed by atoms with E-state index in [2.05, 4.69) is 136 Å². The number of hydrogen-bond acceptors (Lipinski definition) is 2. The Morgan fingerprint density at radius 1 is 0.525 bits per heavy atom. The van der Waals surface area contributed by atoms with Gasteiger partial charge in [-0.15, -0.1) is 0 Å². The van der Waals surface area contributed by atoms with Crippen LogP contribution >= 0.6 is 0 Å². The molecule has 0 aliphatic heterocycles. The van der Waals surface area contributed by atoms with Crippen molar-refractivity contribution in [1.29, 1.82) is 0 Å². The minimum Gasteiger partial charge on any atom is -0.309 e. The summed E-state index contributed by atoms with van der Waals surface area (Å²) in [5.41, 5.74) is 11.6. The summed E-state index contributed by atoms with van der Waals surface area (Å²) in [5.74, 6) is 0. The van der Waals surface area contributed by atoms with Crippen LogP contribution in [-0.2, 0) is 0 Å². The Kier molecular flexibility index (Phi) is 4.92. The minimum atomic E-state index is 0.896. The lowest BCUT2D eigenvalue weighted by molar-refractivity contribution is 1.12. The maximum absolute atomic E-state index is 4.55. The molecule has 0 atom stereocenters. The molecule has 0 aliphatic carbocycles. The Bertz CT molecular complexity index is 2180. The molecule has 0 unspecified atom stereocenters. The lowest BCUT2D eigenvalue weighted by atomic mass is 9.99. The Morgan fingerprint density at radius 3 is 1.77 bits per heavy atom. The summed E-state index contributed by atoms with van der Waals surface area (Å²) in [7, 11) is 0. The highest BCUT2D eigenvalue weighted by atomic mass is 15.0. The molecule has 0 bridgehead atoms. The van der Waals surface area contributed by atoms with Crippen molar-refractivity contribution in [3.05, 3.63) is 133 Å². The molecule has 3 heterocycles. The largest absolute Gasteiger partial charge is 0.309 e. The first-order valence-electron chi connectivity index (χ1n) is 13.6. The summed E-state index contributed by atoms with van der Waals surface area (Å²) in [6.45, 7) is 4.38. The van der Waals surface area contributed by atoms with Crippen molar-refractivity contribution >= 4 is 43.6 Å². The van der Waals surface area contributed by atoms with Crippen LogP contribution in [0.1, 0.15) is 11.1 Å². The molecular weight excluding hydrogens is 488 g/mol. The number of fused-ring (bicyclic) bond motifs is 6. The molecule has 0 amide bonds. The topological polar surface area (TPSA) is 35.6 Å². The van der Waals surface area contributed by atoms with Gasteiger partial charge < -0.3 is 9.13 Å². The number of hydrogen-bond donors (Lipinski definition) is 0. The summed E-state index contributed by atoms with van der Waals surface area (Å²) in [4.78, 5) is 8.83. The predicted octanol–water partition coefficient (Wildman–Crippen LogP) is 8.95. The van der Waals surface area contributed by atoms with Crippen LogP contribution in [-0.4, -0.2) is 19.1 Å². The maximum Gasteiger partial charge on any atom is 0.0887 e. The van der Waals surface area contributed by atoms with Crippen molar-refractivity contribution in [3.63, 3.8) is 0 Å². The van der Waals surface area contributed by atoms with Gasteiger partial charge in [0.15, 0.2) is 0 Å². The van der Waals surface area contributed by atoms with Crippen molar-refractivity contribution in [3.8, 4) is 22.6 Å². The minimum absolute atomic E-state index is 0.896. The SMILES string of the molecule is Cc1c(-c2cnccn2)ccc(-n2c3ccccc3c3cc(-n4c5ccccc5c5ccccc54)ccc32)c1C. The van der Waals surface area contributed by atoms with Crippen LogP contribution < -0.4 is 0 Å². The van der Waals surface area contributed by atoms with Gasteiger partial charge in [-0.1, -0.05) is 60.7 Å². The molecule has 8 rings (SSSR count). The van der Waals surface area contributed by atoms with Crippen LogP contribution in [0, 0.1) is 13.8 Å². The molecule has 4 nitrogen and oxygen atoms in total. The molecule has 0 fully saturated rings. The van der Waals surface area contributed by atoms with E-state index in [0.29, 0.717) is 0 Å². The third kappa shape index (κ3) is 3.20. The molecule has 40 heavy (non-hydrogen) atoms. The molecule has 0 saturated heterocycles. The molecule has 3 aromatic heterocycles. The summed E-state index contributed by atoms with van der Waals surface area (Å²) in [5, 5.41) is 5.03. The van der Waals surface area contributed by atoms with E-state index in [4.69, 9.17) is 0 Å². The van der Waals surface area contributed by atoms with E-state index >= 15 is 0 Å². The van der Waals surface area contributed by atoms with E-state index in [1.54, 1.807) is 12.4 Å². The third-order valence-electron chi connectivity index (χ3n) is 8.33. The van der Waals surface area contributed by atoms with Crippen LogP contribution in [0.4, 0.5) is 0 Å². The normalized spacial score (nSPS) is 11.8. The average Bonchev–Trinajstić information content (AvgIpc) is 3.52. The zero-order chi connectivity index (χ0) is 26.8. The first kappa shape index (κ1) is 22.7. The highest BCUT2D eigenvalue weighted by molar-refractivity contribution is 6.12. The second-order valence-corrected chi connectivity index (χ2v) is 10.4. The van der Waals surface area contributed by atoms with Gasteiger partial charge in [0.1, 0.15) is 0 Å². The molecule has 0 saturated carbocycles. The molecule has 5 aromatic carbocycles. The average molecular weight is 515 g/mol. The van der Waals surface area contributed by atoms with E-state index in [1.807, 2.05) is 6.20 Å². The fourth-order valence-electron chi connectivity index (χ4n) is 6.32. The Hall–Kier alpha value is -5.22.